The molecule has 0 aliphatic heterocycles. The maximum absolute atomic E-state index is 5.92. The summed E-state index contributed by atoms with van der Waals surface area (Å²) in [5.74, 6) is 0.721. The topological polar surface area (TPSA) is 77.0 Å². The van der Waals surface area contributed by atoms with Gasteiger partial charge in [0.05, 0.1) is 6.04 Å². The van der Waals surface area contributed by atoms with Crippen molar-refractivity contribution in [1.82, 2.24) is 10.2 Å². The second-order valence-corrected chi connectivity index (χ2v) is 4.21. The highest BCUT2D eigenvalue weighted by Crippen LogP contribution is 2.21. The minimum absolute atomic E-state index is 0.228. The molecule has 17 heavy (non-hydrogen) atoms. The molecule has 0 saturated heterocycles. The van der Waals surface area contributed by atoms with Gasteiger partial charge in [-0.2, -0.15) is 0 Å². The molecule has 0 saturated carbocycles. The van der Waals surface area contributed by atoms with Crippen LogP contribution in [0.25, 0.3) is 0 Å². The van der Waals surface area contributed by atoms with E-state index in [0.29, 0.717) is 11.9 Å². The third-order valence-corrected chi connectivity index (χ3v) is 2.47. The van der Waals surface area contributed by atoms with Crippen LogP contribution in [0, 0.1) is 5.92 Å². The van der Waals surface area contributed by atoms with Crippen LogP contribution in [0.3, 0.4) is 0 Å². The van der Waals surface area contributed by atoms with Crippen molar-refractivity contribution in [2.24, 2.45) is 11.7 Å². The van der Waals surface area contributed by atoms with Gasteiger partial charge < -0.3 is 15.5 Å². The van der Waals surface area contributed by atoms with E-state index in [2.05, 4.69) is 15.5 Å². The largest absolute Gasteiger partial charge is 0.406 e. The highest BCUT2D eigenvalue weighted by atomic mass is 16.4. The molecule has 0 unspecified atom stereocenters. The Kier molecular flexibility index (Phi) is 3.39. The van der Waals surface area contributed by atoms with E-state index in [0.717, 1.165) is 5.69 Å². The zero-order valence-electron chi connectivity index (χ0n) is 9.92. The fourth-order valence-electron chi connectivity index (χ4n) is 1.35. The number of nitrogens with zero attached hydrogens (tertiary/aromatic N) is 2. The van der Waals surface area contributed by atoms with Gasteiger partial charge in [-0.05, 0) is 18.1 Å². The first kappa shape index (κ1) is 11.6. The van der Waals surface area contributed by atoms with Gasteiger partial charge in [-0.1, -0.05) is 37.1 Å². The van der Waals surface area contributed by atoms with Gasteiger partial charge in [-0.25, -0.2) is 0 Å². The Morgan fingerprint density at radius 1 is 1.18 bits per heavy atom. The summed E-state index contributed by atoms with van der Waals surface area (Å²) < 4.78 is 5.45. The predicted molar refractivity (Wildman–Crippen MR) is 65.8 cm³/mol. The lowest BCUT2D eigenvalue weighted by atomic mass is 10.1. The molecule has 3 N–H and O–H groups in total. The Labute approximate surface area is 100 Å². The maximum atomic E-state index is 5.92. The van der Waals surface area contributed by atoms with E-state index < -0.39 is 0 Å². The highest BCUT2D eigenvalue weighted by molar-refractivity contribution is 5.50. The molecule has 2 aromatic rings. The molecule has 1 heterocycles. The van der Waals surface area contributed by atoms with Crippen LogP contribution >= 0.6 is 0 Å². The van der Waals surface area contributed by atoms with Crippen molar-refractivity contribution in [2.75, 3.05) is 5.32 Å². The molecule has 5 nitrogen and oxygen atoms in total. The molecule has 0 fully saturated rings. The molecule has 0 amide bonds. The lowest BCUT2D eigenvalue weighted by Crippen LogP contribution is -2.16. The minimum Gasteiger partial charge on any atom is -0.406 e. The van der Waals surface area contributed by atoms with Gasteiger partial charge in [0.1, 0.15) is 0 Å². The summed E-state index contributed by atoms with van der Waals surface area (Å²) in [5, 5.41) is 10.9. The lowest BCUT2D eigenvalue weighted by Gasteiger charge is -2.09. The SMILES string of the molecule is CC(C)[C@H](N)c1nnc(Nc2ccccc2)o1. The second kappa shape index (κ2) is 4.97. The van der Waals surface area contributed by atoms with E-state index in [-0.39, 0.29) is 12.0 Å². The van der Waals surface area contributed by atoms with Crippen molar-refractivity contribution in [1.29, 1.82) is 0 Å². The van der Waals surface area contributed by atoms with Crippen molar-refractivity contribution in [3.63, 3.8) is 0 Å². The van der Waals surface area contributed by atoms with Crippen LogP contribution in [0.1, 0.15) is 25.8 Å². The van der Waals surface area contributed by atoms with Crippen LogP contribution < -0.4 is 11.1 Å². The third kappa shape index (κ3) is 2.82. The first-order valence-electron chi connectivity index (χ1n) is 5.58. The maximum Gasteiger partial charge on any atom is 0.320 e. The number of benzene rings is 1. The van der Waals surface area contributed by atoms with Gasteiger partial charge in [0, 0.05) is 5.69 Å². The average Bonchev–Trinajstić information content (AvgIpc) is 2.77. The molecule has 2 rings (SSSR count). The monoisotopic (exact) mass is 232 g/mol. The lowest BCUT2D eigenvalue weighted by molar-refractivity contribution is 0.395. The zero-order valence-corrected chi connectivity index (χ0v) is 9.92. The molecule has 0 bridgehead atoms. The molecule has 1 atom stereocenters. The van der Waals surface area contributed by atoms with Crippen LogP contribution in [0.2, 0.25) is 0 Å². The summed E-state index contributed by atoms with van der Waals surface area (Å²) in [6.45, 7) is 4.03. The van der Waals surface area contributed by atoms with Crippen molar-refractivity contribution in [3.8, 4) is 0 Å². The first-order valence-corrected chi connectivity index (χ1v) is 5.58. The van der Waals surface area contributed by atoms with Gasteiger partial charge in [0.25, 0.3) is 0 Å². The predicted octanol–water partition coefficient (Wildman–Crippen LogP) is 2.47. The van der Waals surface area contributed by atoms with Crippen LogP contribution in [0.4, 0.5) is 11.7 Å². The van der Waals surface area contributed by atoms with Crippen molar-refractivity contribution < 1.29 is 4.42 Å². The Morgan fingerprint density at radius 2 is 1.88 bits per heavy atom. The average molecular weight is 232 g/mol. The highest BCUT2D eigenvalue weighted by Gasteiger charge is 2.17. The molecule has 0 radical (unpaired) electrons. The summed E-state index contributed by atoms with van der Waals surface area (Å²) in [4.78, 5) is 0. The van der Waals surface area contributed by atoms with E-state index in [1.54, 1.807) is 0 Å². The Morgan fingerprint density at radius 3 is 2.53 bits per heavy atom. The normalized spacial score (nSPS) is 12.7. The summed E-state index contributed by atoms with van der Waals surface area (Å²) in [7, 11) is 0. The summed E-state index contributed by atoms with van der Waals surface area (Å²) in [5.41, 5.74) is 6.82. The number of para-hydroxylation sites is 1. The molecular weight excluding hydrogens is 216 g/mol. The van der Waals surface area contributed by atoms with E-state index in [1.807, 2.05) is 44.2 Å². The van der Waals surface area contributed by atoms with Crippen molar-refractivity contribution >= 4 is 11.7 Å². The molecule has 0 aliphatic rings. The standard InChI is InChI=1S/C12H16N4O/c1-8(2)10(13)11-15-16-12(17-11)14-9-6-4-3-5-7-9/h3-8,10H,13H2,1-2H3,(H,14,16)/t10-/m0/s1. The molecule has 0 aliphatic carbocycles. The Hall–Kier alpha value is -1.88. The summed E-state index contributed by atoms with van der Waals surface area (Å²) >= 11 is 0. The minimum atomic E-state index is -0.228. The summed E-state index contributed by atoms with van der Waals surface area (Å²) in [6.07, 6.45) is 0. The molecule has 5 heteroatoms. The number of anilines is 2. The number of aromatic nitrogens is 2. The number of nitrogens with two attached hydrogens (primary N) is 1. The van der Waals surface area contributed by atoms with Gasteiger partial charge in [0.15, 0.2) is 0 Å². The van der Waals surface area contributed by atoms with Gasteiger partial charge in [-0.15, -0.1) is 5.10 Å². The molecular formula is C12H16N4O. The third-order valence-electron chi connectivity index (χ3n) is 2.47. The quantitative estimate of drug-likeness (QED) is 0.846. The second-order valence-electron chi connectivity index (χ2n) is 4.21. The first-order chi connectivity index (χ1) is 8.16. The smallest absolute Gasteiger partial charge is 0.320 e. The fraction of sp³-hybridized carbons (Fsp3) is 0.333. The molecule has 0 spiro atoms. The van der Waals surface area contributed by atoms with E-state index >= 15 is 0 Å². The zero-order chi connectivity index (χ0) is 12.3. The molecule has 90 valence electrons. The van der Waals surface area contributed by atoms with Crippen LogP contribution in [-0.2, 0) is 0 Å². The van der Waals surface area contributed by atoms with Gasteiger partial charge in [0.2, 0.25) is 5.89 Å². The van der Waals surface area contributed by atoms with E-state index in [1.165, 1.54) is 0 Å². The molecule has 1 aromatic heterocycles. The number of nitrogens with one attached hydrogen (secondary N) is 1. The Bertz CT molecular complexity index is 466. The van der Waals surface area contributed by atoms with Crippen molar-refractivity contribution in [3.05, 3.63) is 36.2 Å². The number of hydrogen-bond acceptors (Lipinski definition) is 5. The van der Waals surface area contributed by atoms with E-state index in [4.69, 9.17) is 10.2 Å². The van der Waals surface area contributed by atoms with Crippen LogP contribution in [-0.4, -0.2) is 10.2 Å². The van der Waals surface area contributed by atoms with Crippen LogP contribution in [0.5, 0.6) is 0 Å². The van der Waals surface area contributed by atoms with Gasteiger partial charge in [-0.3, -0.25) is 0 Å². The molecule has 1 aromatic carbocycles. The van der Waals surface area contributed by atoms with E-state index in [9.17, 15) is 0 Å². The Balaban J connectivity index is 2.09. The number of rotatable bonds is 4. The van der Waals surface area contributed by atoms with Crippen molar-refractivity contribution in [2.45, 2.75) is 19.9 Å². The number of hydrogen-bond donors (Lipinski definition) is 2. The summed E-state index contributed by atoms with van der Waals surface area (Å²) in [6, 6.07) is 9.78. The van der Waals surface area contributed by atoms with Crippen LogP contribution in [0.15, 0.2) is 34.7 Å². The van der Waals surface area contributed by atoms with Gasteiger partial charge >= 0.3 is 6.01 Å². The fourth-order valence-corrected chi connectivity index (χ4v) is 1.35.